The van der Waals surface area contributed by atoms with E-state index in [1.54, 1.807) is 6.92 Å². The van der Waals surface area contributed by atoms with Crippen LogP contribution < -0.4 is 5.32 Å². The molecule has 0 fully saturated rings. The maximum Gasteiger partial charge on any atom is 0.126 e. The smallest absolute Gasteiger partial charge is 0.126 e. The largest absolute Gasteiger partial charge is 0.311 e. The third kappa shape index (κ3) is 3.91. The standard InChI is InChI=1S/C13H21FN2/c1-10-7-12(5-6-13(10)14)9-15-8-11(2)16(3)4/h5-7,11,15H,8-9H2,1-4H3. The van der Waals surface area contributed by atoms with Gasteiger partial charge in [-0.25, -0.2) is 4.39 Å². The number of aryl methyl sites for hydroxylation is 1. The van der Waals surface area contributed by atoms with Crippen molar-refractivity contribution in [2.24, 2.45) is 0 Å². The third-order valence-corrected chi connectivity index (χ3v) is 2.87. The number of nitrogens with one attached hydrogen (secondary N) is 1. The van der Waals surface area contributed by atoms with E-state index < -0.39 is 0 Å². The van der Waals surface area contributed by atoms with Crippen LogP contribution in [0.5, 0.6) is 0 Å². The number of nitrogens with zero attached hydrogens (tertiary/aromatic N) is 1. The quantitative estimate of drug-likeness (QED) is 0.824. The highest BCUT2D eigenvalue weighted by Crippen LogP contribution is 2.08. The molecular weight excluding hydrogens is 203 g/mol. The summed E-state index contributed by atoms with van der Waals surface area (Å²) in [5.74, 6) is -0.134. The van der Waals surface area contributed by atoms with Gasteiger partial charge >= 0.3 is 0 Å². The molecule has 90 valence electrons. The van der Waals surface area contributed by atoms with E-state index in [-0.39, 0.29) is 5.82 Å². The fraction of sp³-hybridized carbons (Fsp3) is 0.538. The van der Waals surface area contributed by atoms with Gasteiger partial charge in [0.05, 0.1) is 0 Å². The molecule has 3 heteroatoms. The van der Waals surface area contributed by atoms with Gasteiger partial charge in [0.1, 0.15) is 5.82 Å². The zero-order chi connectivity index (χ0) is 12.1. The van der Waals surface area contributed by atoms with Gasteiger partial charge in [-0.1, -0.05) is 12.1 Å². The Morgan fingerprint density at radius 1 is 1.38 bits per heavy atom. The number of rotatable bonds is 5. The molecule has 1 rings (SSSR count). The maximum atomic E-state index is 13.0. The Morgan fingerprint density at radius 2 is 2.06 bits per heavy atom. The van der Waals surface area contributed by atoms with Crippen molar-refractivity contribution in [3.8, 4) is 0 Å². The van der Waals surface area contributed by atoms with Crippen LogP contribution in [0.25, 0.3) is 0 Å². The first-order chi connectivity index (χ1) is 7.50. The summed E-state index contributed by atoms with van der Waals surface area (Å²) in [6.45, 7) is 5.69. The van der Waals surface area contributed by atoms with Crippen LogP contribution in [0.4, 0.5) is 4.39 Å². The van der Waals surface area contributed by atoms with Crippen molar-refractivity contribution in [3.05, 3.63) is 35.1 Å². The maximum absolute atomic E-state index is 13.0. The lowest BCUT2D eigenvalue weighted by atomic mass is 10.1. The lowest BCUT2D eigenvalue weighted by Gasteiger charge is -2.20. The first kappa shape index (κ1) is 13.1. The molecule has 0 aliphatic heterocycles. The van der Waals surface area contributed by atoms with Crippen LogP contribution in [0.15, 0.2) is 18.2 Å². The Bertz CT molecular complexity index is 337. The Morgan fingerprint density at radius 3 is 2.62 bits per heavy atom. The zero-order valence-corrected chi connectivity index (χ0v) is 10.5. The second kappa shape index (κ2) is 5.97. The molecule has 0 heterocycles. The lowest BCUT2D eigenvalue weighted by molar-refractivity contribution is 0.302. The molecule has 0 bridgehead atoms. The molecule has 1 aromatic carbocycles. The van der Waals surface area contributed by atoms with Gasteiger partial charge in [-0.15, -0.1) is 0 Å². The molecule has 0 aliphatic carbocycles. The molecule has 16 heavy (non-hydrogen) atoms. The summed E-state index contributed by atoms with van der Waals surface area (Å²) in [5.41, 5.74) is 1.84. The van der Waals surface area contributed by atoms with Crippen molar-refractivity contribution in [1.82, 2.24) is 10.2 Å². The van der Waals surface area contributed by atoms with E-state index in [1.165, 1.54) is 6.07 Å². The Balaban J connectivity index is 2.40. The number of hydrogen-bond acceptors (Lipinski definition) is 2. The van der Waals surface area contributed by atoms with E-state index in [9.17, 15) is 4.39 Å². The van der Waals surface area contributed by atoms with Crippen LogP contribution in [0, 0.1) is 12.7 Å². The normalized spacial score (nSPS) is 13.1. The Hall–Kier alpha value is -0.930. The summed E-state index contributed by atoms with van der Waals surface area (Å²) in [6, 6.07) is 5.75. The first-order valence-corrected chi connectivity index (χ1v) is 5.63. The number of hydrogen-bond donors (Lipinski definition) is 1. The molecule has 0 aromatic heterocycles. The minimum atomic E-state index is -0.134. The molecule has 1 aromatic rings. The first-order valence-electron chi connectivity index (χ1n) is 5.63. The monoisotopic (exact) mass is 224 g/mol. The average molecular weight is 224 g/mol. The van der Waals surface area contributed by atoms with E-state index in [0.29, 0.717) is 11.6 Å². The van der Waals surface area contributed by atoms with E-state index in [2.05, 4.69) is 31.2 Å². The summed E-state index contributed by atoms with van der Waals surface area (Å²) >= 11 is 0. The number of benzene rings is 1. The Labute approximate surface area is 97.5 Å². The lowest BCUT2D eigenvalue weighted by Crippen LogP contribution is -2.35. The van der Waals surface area contributed by atoms with Crippen molar-refractivity contribution >= 4 is 0 Å². The molecule has 0 radical (unpaired) electrons. The van der Waals surface area contributed by atoms with Crippen LogP contribution in [0.3, 0.4) is 0 Å². The molecule has 0 amide bonds. The van der Waals surface area contributed by atoms with Crippen LogP contribution in [0.1, 0.15) is 18.1 Å². The summed E-state index contributed by atoms with van der Waals surface area (Å²) in [4.78, 5) is 2.17. The molecule has 1 N–H and O–H groups in total. The van der Waals surface area contributed by atoms with Crippen molar-refractivity contribution in [1.29, 1.82) is 0 Å². The second-order valence-corrected chi connectivity index (χ2v) is 4.53. The van der Waals surface area contributed by atoms with Crippen molar-refractivity contribution in [2.75, 3.05) is 20.6 Å². The van der Waals surface area contributed by atoms with Crippen molar-refractivity contribution in [2.45, 2.75) is 26.4 Å². The summed E-state index contributed by atoms with van der Waals surface area (Å²) < 4.78 is 13.0. The molecule has 1 unspecified atom stereocenters. The zero-order valence-electron chi connectivity index (χ0n) is 10.5. The van der Waals surface area contributed by atoms with Gasteiger partial charge in [0.15, 0.2) is 0 Å². The molecule has 0 saturated heterocycles. The van der Waals surface area contributed by atoms with Gasteiger partial charge in [-0.3, -0.25) is 0 Å². The van der Waals surface area contributed by atoms with Gasteiger partial charge < -0.3 is 10.2 Å². The van der Waals surface area contributed by atoms with Crippen LogP contribution in [0.2, 0.25) is 0 Å². The number of halogens is 1. The minimum Gasteiger partial charge on any atom is -0.311 e. The minimum absolute atomic E-state index is 0.134. The highest BCUT2D eigenvalue weighted by atomic mass is 19.1. The second-order valence-electron chi connectivity index (χ2n) is 4.53. The molecule has 1 atom stereocenters. The van der Waals surface area contributed by atoms with Crippen LogP contribution >= 0.6 is 0 Å². The van der Waals surface area contributed by atoms with Gasteiger partial charge in [0.2, 0.25) is 0 Å². The fourth-order valence-corrected chi connectivity index (χ4v) is 1.42. The van der Waals surface area contributed by atoms with E-state index in [1.807, 2.05) is 12.1 Å². The van der Waals surface area contributed by atoms with Gasteiger partial charge in [0.25, 0.3) is 0 Å². The SMILES string of the molecule is Cc1cc(CNCC(C)N(C)C)ccc1F. The average Bonchev–Trinajstić information content (AvgIpc) is 2.23. The van der Waals surface area contributed by atoms with Crippen molar-refractivity contribution in [3.63, 3.8) is 0 Å². The van der Waals surface area contributed by atoms with Gasteiger partial charge in [-0.05, 0) is 45.1 Å². The third-order valence-electron chi connectivity index (χ3n) is 2.87. The topological polar surface area (TPSA) is 15.3 Å². The molecule has 0 saturated carbocycles. The molecule has 0 aliphatic rings. The van der Waals surface area contributed by atoms with Gasteiger partial charge in [-0.2, -0.15) is 0 Å². The van der Waals surface area contributed by atoms with E-state index in [0.717, 1.165) is 18.7 Å². The van der Waals surface area contributed by atoms with Gasteiger partial charge in [0, 0.05) is 19.1 Å². The fourth-order valence-electron chi connectivity index (χ4n) is 1.42. The highest BCUT2D eigenvalue weighted by molar-refractivity contribution is 5.23. The predicted octanol–water partition coefficient (Wildman–Crippen LogP) is 2.17. The van der Waals surface area contributed by atoms with Crippen LogP contribution in [-0.2, 0) is 6.54 Å². The van der Waals surface area contributed by atoms with Crippen molar-refractivity contribution < 1.29 is 4.39 Å². The highest BCUT2D eigenvalue weighted by Gasteiger charge is 2.03. The predicted molar refractivity (Wildman–Crippen MR) is 66.0 cm³/mol. The molecular formula is C13H21FN2. The van der Waals surface area contributed by atoms with E-state index >= 15 is 0 Å². The summed E-state index contributed by atoms with van der Waals surface area (Å²) in [6.07, 6.45) is 0. The summed E-state index contributed by atoms with van der Waals surface area (Å²) in [5, 5.41) is 3.37. The van der Waals surface area contributed by atoms with Crippen LogP contribution in [-0.4, -0.2) is 31.6 Å². The Kier molecular flexibility index (Phi) is 4.90. The molecule has 0 spiro atoms. The van der Waals surface area contributed by atoms with E-state index in [4.69, 9.17) is 0 Å². The molecule has 2 nitrogen and oxygen atoms in total. The summed E-state index contributed by atoms with van der Waals surface area (Å²) in [7, 11) is 4.13. The number of likely N-dealkylation sites (N-methyl/N-ethyl adjacent to an activating group) is 1.